The number of H-pyrrole nitrogens is 1. The summed E-state index contributed by atoms with van der Waals surface area (Å²) < 4.78 is 34.0. The molecule has 0 spiro atoms. The first-order valence-electron chi connectivity index (χ1n) is 8.98. The Kier molecular flexibility index (Phi) is 4.82. The summed E-state index contributed by atoms with van der Waals surface area (Å²) in [5.41, 5.74) is 2.24. The largest absolute Gasteiger partial charge is 0.497 e. The van der Waals surface area contributed by atoms with E-state index in [1.807, 2.05) is 30.3 Å². The third-order valence-corrected chi connectivity index (χ3v) is 6.82. The van der Waals surface area contributed by atoms with Gasteiger partial charge in [-0.2, -0.15) is 4.31 Å². The summed E-state index contributed by atoms with van der Waals surface area (Å²) in [6, 6.07) is 16.0. The minimum Gasteiger partial charge on any atom is -0.497 e. The summed E-state index contributed by atoms with van der Waals surface area (Å²) in [6.45, 7) is 0.860. The molecule has 3 aromatic rings. The zero-order valence-corrected chi connectivity index (χ0v) is 16.3. The van der Waals surface area contributed by atoms with E-state index in [-0.39, 0.29) is 23.5 Å². The summed E-state index contributed by atoms with van der Waals surface area (Å²) in [6.07, 6.45) is 0.391. The lowest BCUT2D eigenvalue weighted by molar-refractivity contribution is 0.385. The van der Waals surface area contributed by atoms with Crippen molar-refractivity contribution in [3.8, 4) is 5.75 Å². The molecule has 0 aliphatic carbocycles. The van der Waals surface area contributed by atoms with E-state index in [1.54, 1.807) is 16.8 Å². The molecule has 0 radical (unpaired) electrons. The van der Waals surface area contributed by atoms with Crippen LogP contribution in [0, 0.1) is 0 Å². The average molecular weight is 399 g/mol. The lowest BCUT2D eigenvalue weighted by Crippen LogP contribution is -2.37. The van der Waals surface area contributed by atoms with Gasteiger partial charge >= 0.3 is 0 Å². The maximum atomic E-state index is 13.0. The van der Waals surface area contributed by atoms with Crippen molar-refractivity contribution in [2.45, 2.75) is 24.4 Å². The topological polar surface area (TPSA) is 84.4 Å². The second kappa shape index (κ2) is 7.29. The number of nitrogens with zero attached hydrogens (tertiary/aromatic N) is 2. The number of nitrogens with one attached hydrogen (secondary N) is 1. The van der Waals surface area contributed by atoms with Gasteiger partial charge in [-0.1, -0.05) is 30.3 Å². The number of rotatable bonds is 5. The number of aromatic amines is 1. The standard InChI is InChI=1S/C20H21N3O4S/c1-27-16-7-9-17(10-8-16)28(25,26)22-12-11-18-19(14-22)21-23(20(18)24)13-15-5-3-2-4-6-15/h2-10,21H,11-14H2,1H3. The number of ether oxygens (including phenoxy) is 1. The molecule has 2 aromatic carbocycles. The highest BCUT2D eigenvalue weighted by Gasteiger charge is 2.31. The monoisotopic (exact) mass is 399 g/mol. The fourth-order valence-corrected chi connectivity index (χ4v) is 4.84. The molecule has 1 N–H and O–H groups in total. The Bertz CT molecular complexity index is 1130. The Morgan fingerprint density at radius 1 is 1.07 bits per heavy atom. The van der Waals surface area contributed by atoms with Crippen molar-refractivity contribution >= 4 is 10.0 Å². The first-order chi connectivity index (χ1) is 13.5. The van der Waals surface area contributed by atoms with E-state index in [0.29, 0.717) is 30.0 Å². The van der Waals surface area contributed by atoms with E-state index in [9.17, 15) is 13.2 Å². The number of hydrogen-bond acceptors (Lipinski definition) is 4. The molecule has 8 heteroatoms. The number of benzene rings is 2. The third kappa shape index (κ3) is 3.36. The van der Waals surface area contributed by atoms with Crippen LogP contribution in [0.15, 0.2) is 64.3 Å². The van der Waals surface area contributed by atoms with Crippen molar-refractivity contribution in [1.82, 2.24) is 14.1 Å². The maximum absolute atomic E-state index is 13.0. The highest BCUT2D eigenvalue weighted by atomic mass is 32.2. The molecular formula is C20H21N3O4S. The van der Waals surface area contributed by atoms with E-state index in [4.69, 9.17) is 4.74 Å². The number of methoxy groups -OCH3 is 1. The van der Waals surface area contributed by atoms with Crippen molar-refractivity contribution in [3.63, 3.8) is 0 Å². The SMILES string of the molecule is COc1ccc(S(=O)(=O)N2CCc3c([nH]n(Cc4ccccc4)c3=O)C2)cc1. The first kappa shape index (κ1) is 18.5. The maximum Gasteiger partial charge on any atom is 0.270 e. The third-order valence-electron chi connectivity index (χ3n) is 4.96. The van der Waals surface area contributed by atoms with Gasteiger partial charge in [-0.05, 0) is 36.2 Å². The normalized spacial score (nSPS) is 14.6. The summed E-state index contributed by atoms with van der Waals surface area (Å²) >= 11 is 0. The van der Waals surface area contributed by atoms with Crippen molar-refractivity contribution in [1.29, 1.82) is 0 Å². The van der Waals surface area contributed by atoms with Crippen molar-refractivity contribution in [2.24, 2.45) is 0 Å². The molecule has 0 saturated heterocycles. The van der Waals surface area contributed by atoms with Crippen LogP contribution in [-0.2, 0) is 29.5 Å². The molecule has 28 heavy (non-hydrogen) atoms. The van der Waals surface area contributed by atoms with Gasteiger partial charge in [-0.25, -0.2) is 13.1 Å². The Hall–Kier alpha value is -2.84. The molecule has 146 valence electrons. The Morgan fingerprint density at radius 2 is 1.79 bits per heavy atom. The van der Waals surface area contributed by atoms with Crippen LogP contribution in [0.1, 0.15) is 16.8 Å². The first-order valence-corrected chi connectivity index (χ1v) is 10.4. The minimum atomic E-state index is -3.65. The highest BCUT2D eigenvalue weighted by molar-refractivity contribution is 7.89. The fourth-order valence-electron chi connectivity index (χ4n) is 3.43. The average Bonchev–Trinajstić information content (AvgIpc) is 3.03. The van der Waals surface area contributed by atoms with E-state index < -0.39 is 10.0 Å². The molecule has 0 fully saturated rings. The van der Waals surface area contributed by atoms with Crippen LogP contribution in [0.2, 0.25) is 0 Å². The highest BCUT2D eigenvalue weighted by Crippen LogP contribution is 2.24. The lowest BCUT2D eigenvalue weighted by Gasteiger charge is -2.25. The van der Waals surface area contributed by atoms with Crippen LogP contribution in [0.5, 0.6) is 5.75 Å². The summed E-state index contributed by atoms with van der Waals surface area (Å²) in [5, 5.41) is 3.10. The molecular weight excluding hydrogens is 378 g/mol. The smallest absolute Gasteiger partial charge is 0.270 e. The van der Waals surface area contributed by atoms with Crippen LogP contribution in [0.4, 0.5) is 0 Å². The quantitative estimate of drug-likeness (QED) is 0.711. The number of hydrogen-bond donors (Lipinski definition) is 1. The van der Waals surface area contributed by atoms with Crippen LogP contribution < -0.4 is 10.3 Å². The zero-order chi connectivity index (χ0) is 19.7. The van der Waals surface area contributed by atoms with Gasteiger partial charge < -0.3 is 4.74 Å². The van der Waals surface area contributed by atoms with E-state index in [1.165, 1.54) is 23.5 Å². The lowest BCUT2D eigenvalue weighted by atomic mass is 10.1. The fraction of sp³-hybridized carbons (Fsp3) is 0.250. The van der Waals surface area contributed by atoms with Crippen LogP contribution in [0.25, 0.3) is 0 Å². The number of sulfonamides is 1. The Labute approximate surface area is 163 Å². The van der Waals surface area contributed by atoms with Gasteiger partial charge in [0.2, 0.25) is 10.0 Å². The van der Waals surface area contributed by atoms with E-state index in [0.717, 1.165) is 5.56 Å². The molecule has 1 aliphatic heterocycles. The van der Waals surface area contributed by atoms with Crippen molar-refractivity contribution < 1.29 is 13.2 Å². The minimum absolute atomic E-state index is 0.0830. The number of aromatic nitrogens is 2. The van der Waals surface area contributed by atoms with Gasteiger partial charge in [0.15, 0.2) is 0 Å². The molecule has 0 atom stereocenters. The van der Waals surface area contributed by atoms with E-state index in [2.05, 4.69) is 5.10 Å². The molecule has 0 bridgehead atoms. The summed E-state index contributed by atoms with van der Waals surface area (Å²) in [7, 11) is -2.11. The Balaban J connectivity index is 1.59. The molecule has 1 aliphatic rings. The second-order valence-corrected chi connectivity index (χ2v) is 8.65. The van der Waals surface area contributed by atoms with Gasteiger partial charge in [0.05, 0.1) is 30.8 Å². The predicted octanol–water partition coefficient (Wildman–Crippen LogP) is 1.98. The predicted molar refractivity (Wildman–Crippen MR) is 105 cm³/mol. The molecule has 0 amide bonds. The summed E-state index contributed by atoms with van der Waals surface area (Å²) in [4.78, 5) is 12.9. The number of fused-ring (bicyclic) bond motifs is 1. The Morgan fingerprint density at radius 3 is 2.46 bits per heavy atom. The zero-order valence-electron chi connectivity index (χ0n) is 15.5. The van der Waals surface area contributed by atoms with Gasteiger partial charge in [-0.3, -0.25) is 9.89 Å². The van der Waals surface area contributed by atoms with Crippen LogP contribution >= 0.6 is 0 Å². The molecule has 2 heterocycles. The van der Waals surface area contributed by atoms with Gasteiger partial charge in [0.1, 0.15) is 5.75 Å². The molecule has 1 aromatic heterocycles. The van der Waals surface area contributed by atoms with Crippen LogP contribution in [0.3, 0.4) is 0 Å². The molecule has 0 unspecified atom stereocenters. The van der Waals surface area contributed by atoms with Crippen molar-refractivity contribution in [2.75, 3.05) is 13.7 Å². The van der Waals surface area contributed by atoms with Crippen molar-refractivity contribution in [3.05, 3.63) is 81.8 Å². The van der Waals surface area contributed by atoms with Gasteiger partial charge in [-0.15, -0.1) is 0 Å². The molecule has 0 saturated carbocycles. The molecule has 4 rings (SSSR count). The van der Waals surface area contributed by atoms with E-state index >= 15 is 0 Å². The van der Waals surface area contributed by atoms with Gasteiger partial charge in [0, 0.05) is 12.1 Å². The molecule has 7 nitrogen and oxygen atoms in total. The summed E-state index contributed by atoms with van der Waals surface area (Å²) in [5.74, 6) is 0.599. The van der Waals surface area contributed by atoms with Gasteiger partial charge in [0.25, 0.3) is 5.56 Å². The second-order valence-electron chi connectivity index (χ2n) is 6.71. The van der Waals surface area contributed by atoms with Crippen LogP contribution in [-0.4, -0.2) is 36.2 Å².